The van der Waals surface area contributed by atoms with E-state index in [0.717, 1.165) is 16.5 Å². The molecule has 4 heterocycles. The number of nitrogens with zero attached hydrogens (tertiary/aromatic N) is 1. The van der Waals surface area contributed by atoms with Crippen molar-refractivity contribution in [1.29, 1.82) is 0 Å². The second-order valence-corrected chi connectivity index (χ2v) is 12.2. The third kappa shape index (κ3) is 2.67. The molecule has 39 heavy (non-hydrogen) atoms. The molecular formula is C34H27BN2O2. The van der Waals surface area contributed by atoms with Crippen molar-refractivity contribution in [2.75, 3.05) is 0 Å². The van der Waals surface area contributed by atoms with Gasteiger partial charge in [0.25, 0.3) is 0 Å². The number of para-hydroxylation sites is 2. The number of rotatable bonds is 1. The molecule has 1 aliphatic rings. The first-order valence-corrected chi connectivity index (χ1v) is 13.7. The summed E-state index contributed by atoms with van der Waals surface area (Å²) in [5.74, 6) is 0. The van der Waals surface area contributed by atoms with Crippen molar-refractivity contribution in [1.82, 2.24) is 9.38 Å². The second-order valence-electron chi connectivity index (χ2n) is 12.2. The van der Waals surface area contributed by atoms with E-state index in [4.69, 9.17) is 9.31 Å². The van der Waals surface area contributed by atoms with E-state index in [1.807, 2.05) is 0 Å². The summed E-state index contributed by atoms with van der Waals surface area (Å²) in [6.45, 7) is 8.40. The smallest absolute Gasteiger partial charge is 0.399 e. The zero-order valence-corrected chi connectivity index (χ0v) is 22.4. The Balaban J connectivity index is 1.34. The summed E-state index contributed by atoms with van der Waals surface area (Å²) >= 11 is 0. The van der Waals surface area contributed by atoms with Crippen LogP contribution < -0.4 is 5.46 Å². The molecule has 5 heteroatoms. The molecule has 5 aromatic carbocycles. The van der Waals surface area contributed by atoms with Crippen LogP contribution in [-0.2, 0) is 9.31 Å². The van der Waals surface area contributed by atoms with Gasteiger partial charge in [0.15, 0.2) is 0 Å². The molecule has 1 fully saturated rings. The maximum Gasteiger partial charge on any atom is 0.494 e. The van der Waals surface area contributed by atoms with Gasteiger partial charge in [-0.1, -0.05) is 54.6 Å². The Morgan fingerprint density at radius 1 is 0.615 bits per heavy atom. The fraction of sp³-hybridized carbons (Fsp3) is 0.176. The maximum atomic E-state index is 6.38. The van der Waals surface area contributed by atoms with E-state index < -0.39 is 0 Å². The zero-order chi connectivity index (χ0) is 26.3. The monoisotopic (exact) mass is 506 g/mol. The number of H-pyrrole nitrogens is 1. The second kappa shape index (κ2) is 6.92. The van der Waals surface area contributed by atoms with E-state index in [0.29, 0.717) is 0 Å². The summed E-state index contributed by atoms with van der Waals surface area (Å²) in [5, 5.41) is 10.2. The van der Waals surface area contributed by atoms with Crippen molar-refractivity contribution in [2.45, 2.75) is 38.9 Å². The van der Waals surface area contributed by atoms with Crippen LogP contribution >= 0.6 is 0 Å². The Kier molecular flexibility index (Phi) is 3.88. The van der Waals surface area contributed by atoms with Gasteiger partial charge in [0, 0.05) is 43.4 Å². The summed E-state index contributed by atoms with van der Waals surface area (Å²) in [6.07, 6.45) is 0. The molecule has 4 nitrogen and oxygen atoms in total. The minimum Gasteiger partial charge on any atom is -0.399 e. The Labute approximate surface area is 225 Å². The van der Waals surface area contributed by atoms with Gasteiger partial charge >= 0.3 is 7.12 Å². The third-order valence-corrected chi connectivity index (χ3v) is 9.47. The maximum absolute atomic E-state index is 6.38. The molecule has 0 radical (unpaired) electrons. The molecule has 0 amide bonds. The summed E-state index contributed by atoms with van der Waals surface area (Å²) < 4.78 is 15.2. The standard InChI is InChI=1S/C34H27BN2O2/c1-33(2)34(3,4)39-35(38-33)20-13-14-27-25(17-20)26-18-24-19(16-28(26)36-27)12-15-30-31(24)23-10-7-9-22-21-8-5-6-11-29(21)37(30)32(22)23/h5-18,36H,1-4H3. The topological polar surface area (TPSA) is 38.7 Å². The fourth-order valence-electron chi connectivity index (χ4n) is 6.79. The SMILES string of the molecule is CC1(C)OB(c2ccc3[nH]c4cc5ccc6c(c5cc4c3c2)c2cccc3c4ccccc4n6c32)OC1(C)C. The molecule has 188 valence electrons. The van der Waals surface area contributed by atoms with Gasteiger partial charge in [0.1, 0.15) is 0 Å². The van der Waals surface area contributed by atoms with Gasteiger partial charge in [-0.15, -0.1) is 0 Å². The molecule has 0 unspecified atom stereocenters. The summed E-state index contributed by atoms with van der Waals surface area (Å²) in [4.78, 5) is 3.66. The largest absolute Gasteiger partial charge is 0.494 e. The highest BCUT2D eigenvalue weighted by molar-refractivity contribution is 6.62. The molecule has 8 aromatic rings. The highest BCUT2D eigenvalue weighted by Crippen LogP contribution is 2.43. The summed E-state index contributed by atoms with van der Waals surface area (Å²) in [6, 6.07) is 31.2. The highest BCUT2D eigenvalue weighted by Gasteiger charge is 2.51. The molecule has 1 saturated heterocycles. The minimum absolute atomic E-state index is 0.370. The Bertz CT molecular complexity index is 2290. The van der Waals surface area contributed by atoms with E-state index >= 15 is 0 Å². The lowest BCUT2D eigenvalue weighted by Crippen LogP contribution is -2.41. The van der Waals surface area contributed by atoms with Crippen LogP contribution in [0.15, 0.2) is 84.9 Å². The fourth-order valence-corrected chi connectivity index (χ4v) is 6.79. The van der Waals surface area contributed by atoms with Crippen LogP contribution in [0.5, 0.6) is 0 Å². The molecule has 0 spiro atoms. The van der Waals surface area contributed by atoms with Gasteiger partial charge in [-0.05, 0) is 74.3 Å². The molecule has 9 rings (SSSR count). The molecule has 0 bridgehead atoms. The average molecular weight is 506 g/mol. The van der Waals surface area contributed by atoms with E-state index in [9.17, 15) is 0 Å². The lowest BCUT2D eigenvalue weighted by Gasteiger charge is -2.32. The lowest BCUT2D eigenvalue weighted by molar-refractivity contribution is 0.00578. The van der Waals surface area contributed by atoms with Crippen molar-refractivity contribution < 1.29 is 9.31 Å². The Morgan fingerprint density at radius 3 is 2.21 bits per heavy atom. The summed E-state index contributed by atoms with van der Waals surface area (Å²) in [7, 11) is -0.383. The van der Waals surface area contributed by atoms with Crippen LogP contribution in [-0.4, -0.2) is 27.7 Å². The number of aromatic amines is 1. The van der Waals surface area contributed by atoms with Gasteiger partial charge in [-0.2, -0.15) is 0 Å². The van der Waals surface area contributed by atoms with Crippen molar-refractivity contribution in [3.05, 3.63) is 84.9 Å². The number of hydrogen-bond donors (Lipinski definition) is 1. The van der Waals surface area contributed by atoms with E-state index in [1.54, 1.807) is 0 Å². The predicted octanol–water partition coefficient (Wildman–Crippen LogP) is 7.92. The minimum atomic E-state index is -0.383. The van der Waals surface area contributed by atoms with Crippen molar-refractivity contribution in [2.24, 2.45) is 0 Å². The van der Waals surface area contributed by atoms with Crippen LogP contribution in [0.2, 0.25) is 0 Å². The molecule has 0 saturated carbocycles. The molecule has 3 aromatic heterocycles. The molecular weight excluding hydrogens is 479 g/mol. The zero-order valence-electron chi connectivity index (χ0n) is 22.4. The number of aromatic nitrogens is 2. The number of fused-ring (bicyclic) bond motifs is 11. The predicted molar refractivity (Wildman–Crippen MR) is 164 cm³/mol. The molecule has 1 N–H and O–H groups in total. The highest BCUT2D eigenvalue weighted by atomic mass is 16.7. The quantitative estimate of drug-likeness (QED) is 0.230. The number of benzene rings is 5. The van der Waals surface area contributed by atoms with E-state index in [-0.39, 0.29) is 18.3 Å². The van der Waals surface area contributed by atoms with Crippen LogP contribution in [0.4, 0.5) is 0 Å². The molecule has 0 aliphatic carbocycles. The van der Waals surface area contributed by atoms with Gasteiger partial charge in [-0.25, -0.2) is 0 Å². The Hall–Kier alpha value is -4.06. The molecule has 1 aliphatic heterocycles. The van der Waals surface area contributed by atoms with E-state index in [2.05, 4.69) is 122 Å². The third-order valence-electron chi connectivity index (χ3n) is 9.47. The van der Waals surface area contributed by atoms with Crippen LogP contribution in [0, 0.1) is 0 Å². The first-order valence-electron chi connectivity index (χ1n) is 13.7. The van der Waals surface area contributed by atoms with Crippen molar-refractivity contribution >= 4 is 83.3 Å². The van der Waals surface area contributed by atoms with Crippen LogP contribution in [0.1, 0.15) is 27.7 Å². The average Bonchev–Trinajstić information content (AvgIpc) is 3.62. The van der Waals surface area contributed by atoms with E-state index in [1.165, 1.54) is 59.6 Å². The first kappa shape index (κ1) is 21.8. The van der Waals surface area contributed by atoms with Crippen molar-refractivity contribution in [3.63, 3.8) is 0 Å². The van der Waals surface area contributed by atoms with Gasteiger partial charge in [0.2, 0.25) is 0 Å². The lowest BCUT2D eigenvalue weighted by atomic mass is 9.78. The van der Waals surface area contributed by atoms with Gasteiger partial charge < -0.3 is 18.7 Å². The summed E-state index contributed by atoms with van der Waals surface area (Å²) in [5.41, 5.74) is 6.40. The van der Waals surface area contributed by atoms with Crippen LogP contribution in [0.25, 0.3) is 70.7 Å². The molecule has 0 atom stereocenters. The van der Waals surface area contributed by atoms with Crippen LogP contribution in [0.3, 0.4) is 0 Å². The van der Waals surface area contributed by atoms with Gasteiger partial charge in [-0.3, -0.25) is 0 Å². The number of nitrogens with one attached hydrogen (secondary N) is 1. The van der Waals surface area contributed by atoms with Crippen molar-refractivity contribution in [3.8, 4) is 0 Å². The normalized spacial score (nSPS) is 17.4. The van der Waals surface area contributed by atoms with Gasteiger partial charge in [0.05, 0.1) is 27.8 Å². The Morgan fingerprint density at radius 2 is 1.36 bits per heavy atom. The first-order chi connectivity index (χ1) is 18.8. The number of hydrogen-bond acceptors (Lipinski definition) is 2.